The van der Waals surface area contributed by atoms with Gasteiger partial charge in [0.05, 0.1) is 15.9 Å². The average molecular weight is 302 g/mol. The van der Waals surface area contributed by atoms with Crippen molar-refractivity contribution in [1.29, 1.82) is 0 Å². The standard InChI is InChI=1S/C12H20BrN3O/c1-4-9-12(13)10(16(5-2)15-9)6-11(17)8(3)7-14/h8H,4-7,14H2,1-3H3. The second kappa shape index (κ2) is 6.31. The number of aromatic nitrogens is 2. The second-order valence-electron chi connectivity index (χ2n) is 4.16. The van der Waals surface area contributed by atoms with Crippen molar-refractivity contribution in [2.75, 3.05) is 6.54 Å². The zero-order valence-corrected chi connectivity index (χ0v) is 12.2. The summed E-state index contributed by atoms with van der Waals surface area (Å²) in [7, 11) is 0. The van der Waals surface area contributed by atoms with E-state index in [0.29, 0.717) is 13.0 Å². The Balaban J connectivity index is 2.97. The van der Waals surface area contributed by atoms with Gasteiger partial charge in [-0.25, -0.2) is 0 Å². The minimum Gasteiger partial charge on any atom is -0.330 e. The van der Waals surface area contributed by atoms with Gasteiger partial charge in [0.25, 0.3) is 0 Å². The summed E-state index contributed by atoms with van der Waals surface area (Å²) in [5.74, 6) is 0.0811. The van der Waals surface area contributed by atoms with Crippen LogP contribution < -0.4 is 5.73 Å². The fourth-order valence-electron chi connectivity index (χ4n) is 1.66. The average Bonchev–Trinajstić information content (AvgIpc) is 2.65. The Labute approximate surface area is 111 Å². The third-order valence-electron chi connectivity index (χ3n) is 2.94. The lowest BCUT2D eigenvalue weighted by Gasteiger charge is -2.09. The molecule has 1 atom stereocenters. The summed E-state index contributed by atoms with van der Waals surface area (Å²) in [5.41, 5.74) is 7.49. The molecule has 0 aliphatic heterocycles. The Morgan fingerprint density at radius 2 is 2.18 bits per heavy atom. The highest BCUT2D eigenvalue weighted by molar-refractivity contribution is 9.10. The van der Waals surface area contributed by atoms with E-state index in [-0.39, 0.29) is 11.7 Å². The van der Waals surface area contributed by atoms with Crippen molar-refractivity contribution in [3.05, 3.63) is 15.9 Å². The van der Waals surface area contributed by atoms with E-state index in [2.05, 4.69) is 28.0 Å². The normalized spacial score (nSPS) is 12.8. The second-order valence-corrected chi connectivity index (χ2v) is 4.95. The first kappa shape index (κ1) is 14.4. The summed E-state index contributed by atoms with van der Waals surface area (Å²) in [6.07, 6.45) is 1.26. The number of carbonyl (C=O) groups excluding carboxylic acids is 1. The van der Waals surface area contributed by atoms with Crippen LogP contribution in [0.3, 0.4) is 0 Å². The van der Waals surface area contributed by atoms with Crippen LogP contribution in [0.5, 0.6) is 0 Å². The molecule has 0 amide bonds. The lowest BCUT2D eigenvalue weighted by atomic mass is 10.0. The van der Waals surface area contributed by atoms with Crippen LogP contribution >= 0.6 is 15.9 Å². The summed E-state index contributed by atoms with van der Waals surface area (Å²) in [6.45, 7) is 7.12. The molecule has 0 aliphatic carbocycles. The molecule has 0 radical (unpaired) electrons. The zero-order valence-electron chi connectivity index (χ0n) is 10.7. The highest BCUT2D eigenvalue weighted by atomic mass is 79.9. The van der Waals surface area contributed by atoms with Gasteiger partial charge in [-0.2, -0.15) is 5.10 Å². The van der Waals surface area contributed by atoms with E-state index in [9.17, 15) is 4.79 Å². The Morgan fingerprint density at radius 1 is 1.53 bits per heavy atom. The zero-order chi connectivity index (χ0) is 13.0. The number of nitrogens with two attached hydrogens (primary N) is 1. The lowest BCUT2D eigenvalue weighted by molar-refractivity contribution is -0.121. The molecule has 0 bridgehead atoms. The number of aryl methyl sites for hydroxylation is 2. The van der Waals surface area contributed by atoms with Crippen molar-refractivity contribution < 1.29 is 4.79 Å². The summed E-state index contributed by atoms with van der Waals surface area (Å²) in [4.78, 5) is 11.9. The monoisotopic (exact) mass is 301 g/mol. The molecule has 5 heteroatoms. The summed E-state index contributed by atoms with van der Waals surface area (Å²) in [5, 5.41) is 4.47. The minimum absolute atomic E-state index is 0.0906. The van der Waals surface area contributed by atoms with Crippen LogP contribution in [0.2, 0.25) is 0 Å². The Hall–Kier alpha value is -0.680. The molecule has 0 aliphatic rings. The summed E-state index contributed by atoms with van der Waals surface area (Å²) < 4.78 is 2.86. The molecular weight excluding hydrogens is 282 g/mol. The maximum absolute atomic E-state index is 11.9. The maximum Gasteiger partial charge on any atom is 0.142 e. The number of rotatable bonds is 6. The van der Waals surface area contributed by atoms with E-state index in [0.717, 1.165) is 28.8 Å². The molecule has 1 unspecified atom stereocenters. The Kier molecular flexibility index (Phi) is 5.33. The number of hydrogen-bond donors (Lipinski definition) is 1. The molecule has 4 nitrogen and oxygen atoms in total. The number of nitrogens with zero attached hydrogens (tertiary/aromatic N) is 2. The Bertz CT molecular complexity index is 401. The molecule has 0 saturated heterocycles. The molecule has 1 aromatic rings. The molecule has 17 heavy (non-hydrogen) atoms. The molecule has 1 aromatic heterocycles. The number of carbonyl (C=O) groups is 1. The third kappa shape index (κ3) is 3.16. The molecule has 1 heterocycles. The predicted molar refractivity (Wildman–Crippen MR) is 71.9 cm³/mol. The fourth-order valence-corrected chi connectivity index (χ4v) is 2.36. The molecule has 0 saturated carbocycles. The summed E-state index contributed by atoms with van der Waals surface area (Å²) in [6, 6.07) is 0. The number of hydrogen-bond acceptors (Lipinski definition) is 3. The van der Waals surface area contributed by atoms with Crippen LogP contribution in [0.1, 0.15) is 32.2 Å². The van der Waals surface area contributed by atoms with Gasteiger partial charge in [-0.1, -0.05) is 13.8 Å². The lowest BCUT2D eigenvalue weighted by Crippen LogP contribution is -2.23. The van der Waals surface area contributed by atoms with E-state index >= 15 is 0 Å². The first-order valence-corrected chi connectivity index (χ1v) is 6.81. The molecule has 2 N–H and O–H groups in total. The van der Waals surface area contributed by atoms with Gasteiger partial charge in [-0.05, 0) is 29.3 Å². The van der Waals surface area contributed by atoms with Crippen LogP contribution in [0.4, 0.5) is 0 Å². The van der Waals surface area contributed by atoms with Crippen molar-refractivity contribution >= 4 is 21.7 Å². The third-order valence-corrected chi connectivity index (χ3v) is 3.85. The Morgan fingerprint density at radius 3 is 2.65 bits per heavy atom. The molecule has 0 aromatic carbocycles. The van der Waals surface area contributed by atoms with Crippen LogP contribution in [-0.4, -0.2) is 22.1 Å². The largest absolute Gasteiger partial charge is 0.330 e. The van der Waals surface area contributed by atoms with Gasteiger partial charge in [-0.15, -0.1) is 0 Å². The van der Waals surface area contributed by atoms with E-state index in [4.69, 9.17) is 5.73 Å². The number of halogens is 1. The molecular formula is C12H20BrN3O. The summed E-state index contributed by atoms with van der Waals surface area (Å²) >= 11 is 3.54. The molecule has 96 valence electrons. The molecule has 1 rings (SSSR count). The van der Waals surface area contributed by atoms with Crippen molar-refractivity contribution in [3.63, 3.8) is 0 Å². The molecule has 0 fully saturated rings. The maximum atomic E-state index is 11.9. The van der Waals surface area contributed by atoms with E-state index in [1.165, 1.54) is 0 Å². The first-order valence-electron chi connectivity index (χ1n) is 6.01. The van der Waals surface area contributed by atoms with E-state index < -0.39 is 0 Å². The first-order chi connectivity index (χ1) is 8.04. The minimum atomic E-state index is -0.0906. The van der Waals surface area contributed by atoms with Crippen molar-refractivity contribution in [1.82, 2.24) is 9.78 Å². The van der Waals surface area contributed by atoms with Gasteiger partial charge in [0.15, 0.2) is 0 Å². The fraction of sp³-hybridized carbons (Fsp3) is 0.667. The highest BCUT2D eigenvalue weighted by Gasteiger charge is 2.19. The van der Waals surface area contributed by atoms with E-state index in [1.807, 2.05) is 18.5 Å². The van der Waals surface area contributed by atoms with Crippen molar-refractivity contribution in [2.24, 2.45) is 11.7 Å². The SMILES string of the molecule is CCc1nn(CC)c(CC(=O)C(C)CN)c1Br. The smallest absolute Gasteiger partial charge is 0.142 e. The topological polar surface area (TPSA) is 60.9 Å². The van der Waals surface area contributed by atoms with Crippen LogP contribution in [0, 0.1) is 5.92 Å². The van der Waals surface area contributed by atoms with Crippen molar-refractivity contribution in [3.8, 4) is 0 Å². The van der Waals surface area contributed by atoms with Gasteiger partial charge in [0, 0.05) is 25.4 Å². The number of ketones is 1. The van der Waals surface area contributed by atoms with Crippen LogP contribution in [0.15, 0.2) is 4.47 Å². The van der Waals surface area contributed by atoms with Crippen LogP contribution in [-0.2, 0) is 24.2 Å². The highest BCUT2D eigenvalue weighted by Crippen LogP contribution is 2.23. The van der Waals surface area contributed by atoms with Gasteiger partial charge >= 0.3 is 0 Å². The molecule has 0 spiro atoms. The number of Topliss-reactive ketones (excluding diaryl/α,β-unsaturated/α-hetero) is 1. The van der Waals surface area contributed by atoms with Crippen LogP contribution in [0.25, 0.3) is 0 Å². The predicted octanol–water partition coefficient (Wildman–Crippen LogP) is 1.93. The van der Waals surface area contributed by atoms with Crippen molar-refractivity contribution in [2.45, 2.75) is 40.2 Å². The van der Waals surface area contributed by atoms with Gasteiger partial charge in [-0.3, -0.25) is 9.48 Å². The van der Waals surface area contributed by atoms with Gasteiger partial charge in [0.2, 0.25) is 0 Å². The van der Waals surface area contributed by atoms with E-state index in [1.54, 1.807) is 0 Å². The van der Waals surface area contributed by atoms with Gasteiger partial charge in [0.1, 0.15) is 5.78 Å². The van der Waals surface area contributed by atoms with Gasteiger partial charge < -0.3 is 5.73 Å². The quantitative estimate of drug-likeness (QED) is 0.873.